The summed E-state index contributed by atoms with van der Waals surface area (Å²) in [6.07, 6.45) is 5.69. The van der Waals surface area contributed by atoms with Crippen molar-refractivity contribution in [1.82, 2.24) is 0 Å². The highest BCUT2D eigenvalue weighted by Crippen LogP contribution is 2.08. The highest BCUT2D eigenvalue weighted by atomic mass is 16.6. The van der Waals surface area contributed by atoms with Gasteiger partial charge in [0.15, 0.2) is 0 Å². The van der Waals surface area contributed by atoms with Crippen LogP contribution in [0.4, 0.5) is 0 Å². The summed E-state index contributed by atoms with van der Waals surface area (Å²) in [4.78, 5) is 11.5. The zero-order valence-electron chi connectivity index (χ0n) is 24.4. The first kappa shape index (κ1) is 37.6. The molecule has 0 unspecified atom stereocenters. The maximum absolute atomic E-state index is 11.5. The number of hydrogen-bond donors (Lipinski definition) is 0. The quantitative estimate of drug-likeness (QED) is 0.0730. The number of hydrogen-bond acceptors (Lipinski definition) is 11. The fraction of sp³-hybridized carbons (Fsp3) is 0.821. The molecule has 0 aromatic heterocycles. The van der Waals surface area contributed by atoms with E-state index in [1.807, 2.05) is 32.9 Å². The molecule has 39 heavy (non-hydrogen) atoms. The van der Waals surface area contributed by atoms with E-state index >= 15 is 0 Å². The van der Waals surface area contributed by atoms with Crippen LogP contribution in [0.25, 0.3) is 0 Å². The topological polar surface area (TPSA) is 109 Å². The SMILES string of the molecule is C=C/C=C/COCCOCCOCCOCCOCCOCCOCCOCCOCCC(=O)OC(C)(C)C. The van der Waals surface area contributed by atoms with Gasteiger partial charge in [0.1, 0.15) is 5.60 Å². The Hall–Kier alpha value is -1.41. The van der Waals surface area contributed by atoms with Crippen LogP contribution in [0.15, 0.2) is 24.8 Å². The molecule has 0 aliphatic rings. The minimum atomic E-state index is -0.469. The lowest BCUT2D eigenvalue weighted by Crippen LogP contribution is -2.24. The highest BCUT2D eigenvalue weighted by molar-refractivity contribution is 5.69. The number of ether oxygens (including phenoxy) is 10. The van der Waals surface area contributed by atoms with Crippen LogP contribution in [0.5, 0.6) is 0 Å². The smallest absolute Gasteiger partial charge is 0.308 e. The first-order valence-electron chi connectivity index (χ1n) is 13.6. The predicted molar refractivity (Wildman–Crippen MR) is 147 cm³/mol. The summed E-state index contributed by atoms with van der Waals surface area (Å²) in [6.45, 7) is 18.0. The Kier molecular flexibility index (Phi) is 28.5. The second kappa shape index (κ2) is 29.6. The zero-order chi connectivity index (χ0) is 28.7. The van der Waals surface area contributed by atoms with Crippen LogP contribution in [0.1, 0.15) is 27.2 Å². The molecule has 0 N–H and O–H groups in total. The van der Waals surface area contributed by atoms with Crippen molar-refractivity contribution >= 4 is 5.97 Å². The van der Waals surface area contributed by atoms with Crippen LogP contribution < -0.4 is 0 Å². The molecule has 0 saturated heterocycles. The van der Waals surface area contributed by atoms with E-state index in [0.717, 1.165) is 0 Å². The van der Waals surface area contributed by atoms with E-state index in [1.54, 1.807) is 6.08 Å². The van der Waals surface area contributed by atoms with Crippen LogP contribution in [0, 0.1) is 0 Å². The summed E-state index contributed by atoms with van der Waals surface area (Å²) < 4.78 is 53.9. The molecule has 0 aromatic rings. The van der Waals surface area contributed by atoms with Crippen molar-refractivity contribution in [3.63, 3.8) is 0 Å². The third kappa shape index (κ3) is 34.6. The van der Waals surface area contributed by atoms with Crippen molar-refractivity contribution < 1.29 is 52.2 Å². The molecule has 11 nitrogen and oxygen atoms in total. The summed E-state index contributed by atoms with van der Waals surface area (Å²) >= 11 is 0. The van der Waals surface area contributed by atoms with Gasteiger partial charge in [0.05, 0.1) is 125 Å². The molecule has 0 heterocycles. The average molecular weight is 565 g/mol. The Balaban J connectivity index is 3.11. The van der Waals surface area contributed by atoms with Crippen LogP contribution in [-0.2, 0) is 52.2 Å². The second-order valence-corrected chi connectivity index (χ2v) is 8.97. The normalized spacial score (nSPS) is 11.9. The Bertz CT molecular complexity index is 564. The van der Waals surface area contributed by atoms with Crippen molar-refractivity contribution in [2.45, 2.75) is 32.8 Å². The van der Waals surface area contributed by atoms with Crippen LogP contribution in [-0.4, -0.2) is 130 Å². The molecule has 0 atom stereocenters. The van der Waals surface area contributed by atoms with Gasteiger partial charge >= 0.3 is 5.97 Å². The Morgan fingerprint density at radius 3 is 1.15 bits per heavy atom. The number of esters is 1. The van der Waals surface area contributed by atoms with Gasteiger partial charge in [-0.25, -0.2) is 0 Å². The molecule has 0 amide bonds. The molecular formula is C28H52O11. The van der Waals surface area contributed by atoms with E-state index < -0.39 is 5.60 Å². The van der Waals surface area contributed by atoms with Crippen LogP contribution in [0.2, 0.25) is 0 Å². The number of rotatable bonds is 30. The molecule has 0 saturated carbocycles. The summed E-state index contributed by atoms with van der Waals surface area (Å²) in [5.41, 5.74) is -0.469. The molecule has 0 aliphatic heterocycles. The fourth-order valence-electron chi connectivity index (χ4n) is 2.61. The van der Waals surface area contributed by atoms with Crippen molar-refractivity contribution in [2.24, 2.45) is 0 Å². The molecule has 0 aromatic carbocycles. The van der Waals surface area contributed by atoms with Crippen LogP contribution >= 0.6 is 0 Å². The first-order chi connectivity index (χ1) is 19.0. The Morgan fingerprint density at radius 1 is 0.538 bits per heavy atom. The third-order valence-corrected chi connectivity index (χ3v) is 4.33. The van der Waals surface area contributed by atoms with Gasteiger partial charge in [0.2, 0.25) is 0 Å². The van der Waals surface area contributed by atoms with Crippen molar-refractivity contribution in [2.75, 3.05) is 119 Å². The van der Waals surface area contributed by atoms with Gasteiger partial charge in [-0.3, -0.25) is 4.79 Å². The summed E-state index contributed by atoms with van der Waals surface area (Å²) in [7, 11) is 0. The maximum atomic E-state index is 11.5. The lowest BCUT2D eigenvalue weighted by molar-refractivity contribution is -0.156. The molecule has 0 radical (unpaired) electrons. The standard InChI is InChI=1S/C28H52O11/c1-5-6-7-9-30-11-13-32-15-17-34-19-21-36-23-25-38-26-24-37-22-20-35-18-16-33-14-12-31-10-8-27(29)39-28(2,3)4/h5-7H,1,8-26H2,2-4H3/b7-6+. The lowest BCUT2D eigenvalue weighted by atomic mass is 10.2. The van der Waals surface area contributed by atoms with Gasteiger partial charge < -0.3 is 47.4 Å². The van der Waals surface area contributed by atoms with Crippen LogP contribution in [0.3, 0.4) is 0 Å². The molecular weight excluding hydrogens is 512 g/mol. The lowest BCUT2D eigenvalue weighted by Gasteiger charge is -2.19. The molecule has 0 fully saturated rings. The fourth-order valence-corrected chi connectivity index (χ4v) is 2.61. The predicted octanol–water partition coefficient (Wildman–Crippen LogP) is 2.61. The minimum Gasteiger partial charge on any atom is -0.460 e. The summed E-state index contributed by atoms with van der Waals surface area (Å²) in [5.74, 6) is -0.263. The number of carbonyl (C=O) groups is 1. The van der Waals surface area contributed by atoms with E-state index in [9.17, 15) is 4.79 Å². The molecule has 0 aliphatic carbocycles. The molecule has 0 bridgehead atoms. The van der Waals surface area contributed by atoms with Gasteiger partial charge in [-0.15, -0.1) is 0 Å². The van der Waals surface area contributed by atoms with Gasteiger partial charge in [-0.2, -0.15) is 0 Å². The van der Waals surface area contributed by atoms with Gasteiger partial charge in [-0.05, 0) is 20.8 Å². The first-order valence-corrected chi connectivity index (χ1v) is 13.6. The van der Waals surface area contributed by atoms with Gasteiger partial charge in [0.25, 0.3) is 0 Å². The maximum Gasteiger partial charge on any atom is 0.308 e. The minimum absolute atomic E-state index is 0.235. The molecule has 0 spiro atoms. The number of allylic oxidation sites excluding steroid dienone is 2. The second-order valence-electron chi connectivity index (χ2n) is 8.97. The largest absolute Gasteiger partial charge is 0.460 e. The van der Waals surface area contributed by atoms with Gasteiger partial charge in [0, 0.05) is 0 Å². The monoisotopic (exact) mass is 564 g/mol. The molecule has 0 rings (SSSR count). The summed E-state index contributed by atoms with van der Waals surface area (Å²) in [6, 6.07) is 0. The van der Waals surface area contributed by atoms with E-state index in [2.05, 4.69) is 6.58 Å². The Labute approximate surface area is 235 Å². The Morgan fingerprint density at radius 2 is 0.846 bits per heavy atom. The third-order valence-electron chi connectivity index (χ3n) is 4.33. The van der Waals surface area contributed by atoms with E-state index in [0.29, 0.717) is 119 Å². The van der Waals surface area contributed by atoms with E-state index in [-0.39, 0.29) is 12.4 Å². The van der Waals surface area contributed by atoms with E-state index in [4.69, 9.17) is 47.4 Å². The highest BCUT2D eigenvalue weighted by Gasteiger charge is 2.15. The molecule has 230 valence electrons. The molecule has 11 heteroatoms. The number of carbonyl (C=O) groups excluding carboxylic acids is 1. The van der Waals surface area contributed by atoms with Crippen molar-refractivity contribution in [3.05, 3.63) is 24.8 Å². The van der Waals surface area contributed by atoms with E-state index in [1.165, 1.54) is 0 Å². The zero-order valence-corrected chi connectivity index (χ0v) is 24.4. The van der Waals surface area contributed by atoms with Crippen molar-refractivity contribution in [3.8, 4) is 0 Å². The summed E-state index contributed by atoms with van der Waals surface area (Å²) in [5, 5.41) is 0. The average Bonchev–Trinajstić information content (AvgIpc) is 2.88. The van der Waals surface area contributed by atoms with Crippen molar-refractivity contribution in [1.29, 1.82) is 0 Å². The van der Waals surface area contributed by atoms with Gasteiger partial charge in [-0.1, -0.05) is 24.8 Å².